The average molecular weight is 1140 g/mol. The molecule has 0 aliphatic rings. The van der Waals surface area contributed by atoms with E-state index in [0.29, 0.717) is 53.0 Å². The van der Waals surface area contributed by atoms with Gasteiger partial charge < -0.3 is 0 Å². The second-order valence-electron chi connectivity index (χ2n) is 25.2. The number of para-hydroxylation sites is 9. The lowest BCUT2D eigenvalue weighted by Crippen LogP contribution is -2.08. The van der Waals surface area contributed by atoms with Gasteiger partial charge in [-0.2, -0.15) is 0 Å². The van der Waals surface area contributed by atoms with Crippen LogP contribution in [-0.2, 0) is 0 Å². The number of aromatic nitrogens is 9. The van der Waals surface area contributed by atoms with E-state index in [-0.39, 0.29) is 0 Å². The number of benzene rings is 9. The molecule has 4 heterocycles. The molecule has 9 nitrogen and oxygen atoms in total. The Hall–Kier alpha value is -9.60. The second-order valence-corrected chi connectivity index (χ2v) is 25.2. The van der Waals surface area contributed by atoms with Crippen molar-refractivity contribution in [1.29, 1.82) is 0 Å². The van der Waals surface area contributed by atoms with Crippen LogP contribution in [0.1, 0.15) is 152 Å². The van der Waals surface area contributed by atoms with Crippen LogP contribution in [-0.4, -0.2) is 43.6 Å². The molecule has 0 spiro atoms. The fourth-order valence-electron chi connectivity index (χ4n) is 12.1. The Balaban J connectivity index is 1.10. The van der Waals surface area contributed by atoms with E-state index in [0.717, 1.165) is 101 Å². The molecule has 432 valence electrons. The fourth-order valence-corrected chi connectivity index (χ4v) is 12.1. The van der Waals surface area contributed by atoms with Crippen LogP contribution in [0, 0.1) is 0 Å². The van der Waals surface area contributed by atoms with Crippen LogP contribution in [0.2, 0.25) is 0 Å². The summed E-state index contributed by atoms with van der Waals surface area (Å²) in [6.07, 6.45) is 0. The van der Waals surface area contributed by atoms with Gasteiger partial charge in [-0.3, -0.25) is 13.7 Å². The maximum Gasteiger partial charge on any atom is 0.166 e. The molecule has 4 aromatic heterocycles. The van der Waals surface area contributed by atoms with Gasteiger partial charge in [0.15, 0.2) is 17.5 Å². The third-order valence-corrected chi connectivity index (χ3v) is 17.2. The molecule has 0 atom stereocenters. The van der Waals surface area contributed by atoms with Crippen molar-refractivity contribution in [2.45, 2.75) is 119 Å². The van der Waals surface area contributed by atoms with E-state index in [1.54, 1.807) is 0 Å². The minimum atomic E-state index is 0.318. The van der Waals surface area contributed by atoms with E-state index in [4.69, 9.17) is 29.9 Å². The number of imidazole rings is 3. The van der Waals surface area contributed by atoms with E-state index in [9.17, 15) is 0 Å². The van der Waals surface area contributed by atoms with E-state index in [1.807, 2.05) is 0 Å². The van der Waals surface area contributed by atoms with E-state index in [1.165, 1.54) is 33.4 Å². The highest BCUT2D eigenvalue weighted by Crippen LogP contribution is 2.42. The zero-order valence-corrected chi connectivity index (χ0v) is 52.0. The van der Waals surface area contributed by atoms with Crippen LogP contribution in [0.15, 0.2) is 200 Å². The predicted molar refractivity (Wildman–Crippen MR) is 361 cm³/mol. The van der Waals surface area contributed by atoms with Crippen LogP contribution in [0.4, 0.5) is 0 Å². The highest BCUT2D eigenvalue weighted by Gasteiger charge is 2.27. The molecule has 0 fully saturated rings. The highest BCUT2D eigenvalue weighted by molar-refractivity contribution is 5.90. The molecule has 87 heavy (non-hydrogen) atoms. The Kier molecular flexibility index (Phi) is 14.9. The summed E-state index contributed by atoms with van der Waals surface area (Å²) in [5.74, 6) is 6.00. The molecule has 9 aromatic carbocycles. The number of rotatable bonds is 15. The van der Waals surface area contributed by atoms with E-state index >= 15 is 0 Å². The maximum absolute atomic E-state index is 5.71. The molecule has 0 bridgehead atoms. The van der Waals surface area contributed by atoms with Crippen molar-refractivity contribution in [1.82, 2.24) is 43.6 Å². The van der Waals surface area contributed by atoms with Gasteiger partial charge in [-0.15, -0.1) is 0 Å². The molecule has 0 saturated heterocycles. The van der Waals surface area contributed by atoms with Crippen LogP contribution in [0.3, 0.4) is 0 Å². The summed E-state index contributed by atoms with van der Waals surface area (Å²) in [5, 5.41) is 0. The molecule has 0 unspecified atom stereocenters. The predicted octanol–water partition coefficient (Wildman–Crippen LogP) is 20.6. The highest BCUT2D eigenvalue weighted by atomic mass is 15.1. The molecule has 0 radical (unpaired) electrons. The number of nitrogens with zero attached hydrogens (tertiary/aromatic N) is 9. The molecule has 0 saturated carbocycles. The zero-order valence-electron chi connectivity index (χ0n) is 52.0. The van der Waals surface area contributed by atoms with Crippen molar-refractivity contribution < 1.29 is 0 Å². The molecule has 13 rings (SSSR count). The van der Waals surface area contributed by atoms with Crippen molar-refractivity contribution >= 4 is 33.1 Å². The quantitative estimate of drug-likeness (QED) is 0.102. The first kappa shape index (κ1) is 56.5. The Morgan fingerprint density at radius 1 is 0.241 bits per heavy atom. The topological polar surface area (TPSA) is 92.1 Å². The van der Waals surface area contributed by atoms with Crippen LogP contribution >= 0.6 is 0 Å². The van der Waals surface area contributed by atoms with Gasteiger partial charge >= 0.3 is 0 Å². The van der Waals surface area contributed by atoms with Gasteiger partial charge in [0.25, 0.3) is 0 Å². The van der Waals surface area contributed by atoms with Crippen molar-refractivity contribution in [2.75, 3.05) is 0 Å². The Morgan fingerprint density at radius 2 is 0.460 bits per heavy atom. The summed E-state index contributed by atoms with van der Waals surface area (Å²) in [4.78, 5) is 33.5. The summed E-state index contributed by atoms with van der Waals surface area (Å²) in [6.45, 7) is 27.2. The van der Waals surface area contributed by atoms with Gasteiger partial charge in [-0.1, -0.05) is 174 Å². The monoisotopic (exact) mass is 1140 g/mol. The number of hydrogen-bond acceptors (Lipinski definition) is 6. The molecule has 13 aromatic rings. The molecule has 0 N–H and O–H groups in total. The summed E-state index contributed by atoms with van der Waals surface area (Å²) in [6, 6.07) is 71.8. The normalized spacial score (nSPS) is 12.1. The van der Waals surface area contributed by atoms with Gasteiger partial charge in [0, 0.05) is 33.4 Å². The standard InChI is InChI=1S/C78H75N9/c1-46(2)52-37-53(47(3)4)41-58(40-52)76-79-64-28-16-22-34-70(64)85(76)67-31-19-13-25-61(67)73-82-74(62-26-14-20-32-68(62)86-71-35-23-17-29-65(71)80-77(86)59-42-54(48(5)6)38-55(43-59)49(7)8)84-75(83-73)63-27-15-21-33-69(63)87-72-36-24-18-30-66(72)81-78(87)60-44-56(50(9)10)39-57(45-60)51(11)12/h13-51H,1-12H3. The SMILES string of the molecule is CC(C)c1cc(-c2nc3ccccc3n2-c2ccccc2-c2nc(-c3ccccc3-n3c(-c4cc(C(C)C)cc(C(C)C)c4)nc4ccccc43)nc(-c3ccccc3-n3c(-c4cc(C(C)C)cc(C(C)C)c4)nc4ccccc43)n2)cc(C(C)C)c1. The van der Waals surface area contributed by atoms with Crippen LogP contribution in [0.5, 0.6) is 0 Å². The Morgan fingerprint density at radius 3 is 0.701 bits per heavy atom. The molecule has 9 heteroatoms. The minimum Gasteiger partial charge on any atom is -0.292 e. The molecular weight excluding hydrogens is 1060 g/mol. The van der Waals surface area contributed by atoms with Crippen LogP contribution in [0.25, 0.3) is 118 Å². The number of fused-ring (bicyclic) bond motifs is 3. The minimum absolute atomic E-state index is 0.318. The van der Waals surface area contributed by atoms with Crippen molar-refractivity contribution in [3.63, 3.8) is 0 Å². The lowest BCUT2D eigenvalue weighted by molar-refractivity contribution is 0.833. The molecule has 0 aliphatic heterocycles. The maximum atomic E-state index is 5.71. The van der Waals surface area contributed by atoms with Crippen molar-refractivity contribution in [2.24, 2.45) is 0 Å². The van der Waals surface area contributed by atoms with E-state index in [2.05, 4.69) is 297 Å². The molecule has 0 amide bonds. The van der Waals surface area contributed by atoms with E-state index < -0.39 is 0 Å². The third kappa shape index (κ3) is 10.5. The van der Waals surface area contributed by atoms with Gasteiger partial charge in [-0.25, -0.2) is 29.9 Å². The Bertz CT molecular complexity index is 4170. The van der Waals surface area contributed by atoms with Crippen molar-refractivity contribution in [3.05, 3.63) is 234 Å². The smallest absolute Gasteiger partial charge is 0.166 e. The second kappa shape index (κ2) is 23.0. The first-order chi connectivity index (χ1) is 42.1. The van der Waals surface area contributed by atoms with Gasteiger partial charge in [0.05, 0.1) is 50.2 Å². The summed E-state index contributed by atoms with van der Waals surface area (Å²) >= 11 is 0. The van der Waals surface area contributed by atoms with Gasteiger partial charge in [-0.05, 0) is 178 Å². The fraction of sp³-hybridized carbons (Fsp3) is 0.231. The third-order valence-electron chi connectivity index (χ3n) is 17.2. The van der Waals surface area contributed by atoms with Crippen molar-refractivity contribution in [3.8, 4) is 85.4 Å². The summed E-state index contributed by atoms with van der Waals surface area (Å²) in [5.41, 5.74) is 21.6. The largest absolute Gasteiger partial charge is 0.292 e. The summed E-state index contributed by atoms with van der Waals surface area (Å²) in [7, 11) is 0. The lowest BCUT2D eigenvalue weighted by Gasteiger charge is -2.19. The first-order valence-corrected chi connectivity index (χ1v) is 31.0. The van der Waals surface area contributed by atoms with Gasteiger partial charge in [0.1, 0.15) is 17.5 Å². The summed E-state index contributed by atoms with van der Waals surface area (Å²) < 4.78 is 6.92. The zero-order chi connectivity index (χ0) is 60.4. The first-order valence-electron chi connectivity index (χ1n) is 31.0. The molecule has 0 aliphatic carbocycles. The van der Waals surface area contributed by atoms with Gasteiger partial charge in [0.2, 0.25) is 0 Å². The number of hydrogen-bond donors (Lipinski definition) is 0. The van der Waals surface area contributed by atoms with Crippen LogP contribution < -0.4 is 0 Å². The Labute approximate surface area is 511 Å². The lowest BCUT2D eigenvalue weighted by atomic mass is 9.93. The average Bonchev–Trinajstić information content (AvgIpc) is 1.74. The molecular formula is C78H75N9.